The van der Waals surface area contributed by atoms with Gasteiger partial charge in [0.25, 0.3) is 0 Å². The molecule has 3 N–H and O–H groups in total. The van der Waals surface area contributed by atoms with E-state index in [1.807, 2.05) is 20.8 Å². The monoisotopic (exact) mass is 571 g/mol. The van der Waals surface area contributed by atoms with Crippen molar-refractivity contribution in [2.24, 2.45) is 17.3 Å². The van der Waals surface area contributed by atoms with Gasteiger partial charge in [-0.05, 0) is 84.1 Å². The number of carboxylic acid groups (broad SMARTS) is 1. The fourth-order valence-corrected chi connectivity index (χ4v) is 6.56. The molecule has 4 rings (SSSR count). The summed E-state index contributed by atoms with van der Waals surface area (Å²) in [4.78, 5) is 52.7. The summed E-state index contributed by atoms with van der Waals surface area (Å²) in [6, 6.07) is 1.49. The first-order chi connectivity index (χ1) is 18.9. The highest BCUT2D eigenvalue weighted by Crippen LogP contribution is 2.39. The number of rotatable bonds is 6. The number of ether oxygens (including phenoxy) is 1. The zero-order chi connectivity index (χ0) is 29.0. The number of carbonyl (C=O) groups excluding carboxylic acids is 3. The largest absolute Gasteiger partial charge is 0.477 e. The smallest absolute Gasteiger partial charge is 0.407 e. The zero-order valence-corrected chi connectivity index (χ0v) is 24.7. The fraction of sp³-hybridized carbons (Fsp3) is 0.667. The summed E-state index contributed by atoms with van der Waals surface area (Å²) in [5.41, 5.74) is 0.201. The molecule has 0 unspecified atom stereocenters. The molecule has 2 saturated carbocycles. The van der Waals surface area contributed by atoms with Crippen LogP contribution in [0.25, 0.3) is 0 Å². The SMILES string of the molecule is CC(C)(C)C#Cc1cc(N(C(=O)[C@H]2CC[C@H](C)CC2)C2CCC(NC(=O)O[C@H]3CNC(=O)C3)CC2)c(C(=O)O)s1. The maximum absolute atomic E-state index is 14.1. The maximum atomic E-state index is 14.1. The lowest BCUT2D eigenvalue weighted by Gasteiger charge is -2.39. The Morgan fingerprint density at radius 3 is 2.35 bits per heavy atom. The molecule has 10 heteroatoms. The number of carboxylic acids is 1. The third-order valence-corrected chi connectivity index (χ3v) is 8.95. The summed E-state index contributed by atoms with van der Waals surface area (Å²) in [5.74, 6) is 5.57. The van der Waals surface area contributed by atoms with E-state index in [0.29, 0.717) is 48.7 Å². The second-order valence-corrected chi connectivity index (χ2v) is 13.5. The van der Waals surface area contributed by atoms with Crippen LogP contribution in [0.4, 0.5) is 10.5 Å². The highest BCUT2D eigenvalue weighted by Gasteiger charge is 2.38. The molecule has 218 valence electrons. The first-order valence-corrected chi connectivity index (χ1v) is 15.2. The van der Waals surface area contributed by atoms with Crippen molar-refractivity contribution in [1.29, 1.82) is 0 Å². The lowest BCUT2D eigenvalue weighted by Crippen LogP contribution is -2.49. The topological polar surface area (TPSA) is 125 Å². The van der Waals surface area contributed by atoms with E-state index in [0.717, 1.165) is 37.0 Å². The molecule has 0 aromatic carbocycles. The quantitative estimate of drug-likeness (QED) is 0.416. The Bertz CT molecular complexity index is 1180. The zero-order valence-electron chi connectivity index (χ0n) is 23.9. The summed E-state index contributed by atoms with van der Waals surface area (Å²) in [5, 5.41) is 15.7. The van der Waals surface area contributed by atoms with Crippen molar-refractivity contribution in [3.63, 3.8) is 0 Å². The van der Waals surface area contributed by atoms with E-state index in [1.54, 1.807) is 11.0 Å². The van der Waals surface area contributed by atoms with E-state index in [9.17, 15) is 24.3 Å². The fourth-order valence-electron chi connectivity index (χ4n) is 5.72. The van der Waals surface area contributed by atoms with Gasteiger partial charge in [-0.1, -0.05) is 18.8 Å². The Morgan fingerprint density at radius 1 is 1.10 bits per heavy atom. The molecule has 40 heavy (non-hydrogen) atoms. The van der Waals surface area contributed by atoms with Gasteiger partial charge in [0.15, 0.2) is 0 Å². The van der Waals surface area contributed by atoms with Gasteiger partial charge in [-0.15, -0.1) is 11.3 Å². The third-order valence-electron chi connectivity index (χ3n) is 7.93. The predicted molar refractivity (Wildman–Crippen MR) is 153 cm³/mol. The molecule has 1 aromatic rings. The normalized spacial score (nSPS) is 26.7. The Kier molecular flexibility index (Phi) is 9.44. The predicted octanol–water partition coefficient (Wildman–Crippen LogP) is 4.93. The molecule has 3 fully saturated rings. The van der Waals surface area contributed by atoms with E-state index >= 15 is 0 Å². The van der Waals surface area contributed by atoms with Crippen molar-refractivity contribution in [1.82, 2.24) is 10.6 Å². The summed E-state index contributed by atoms with van der Waals surface area (Å²) in [6.07, 6.45) is 5.29. The van der Waals surface area contributed by atoms with Gasteiger partial charge in [-0.25, -0.2) is 9.59 Å². The van der Waals surface area contributed by atoms with Crippen molar-refractivity contribution >= 4 is 40.9 Å². The van der Waals surface area contributed by atoms with Crippen LogP contribution >= 0.6 is 11.3 Å². The van der Waals surface area contributed by atoms with Gasteiger partial charge in [-0.3, -0.25) is 9.59 Å². The van der Waals surface area contributed by atoms with Crippen LogP contribution in [0, 0.1) is 29.1 Å². The summed E-state index contributed by atoms with van der Waals surface area (Å²) < 4.78 is 5.37. The number of thiophene rings is 1. The van der Waals surface area contributed by atoms with Crippen LogP contribution in [-0.4, -0.2) is 53.7 Å². The number of aromatic carboxylic acids is 1. The number of nitrogens with one attached hydrogen (secondary N) is 2. The number of hydrogen-bond acceptors (Lipinski definition) is 6. The number of hydrogen-bond donors (Lipinski definition) is 3. The van der Waals surface area contributed by atoms with Gasteiger partial charge in [0.05, 0.1) is 23.5 Å². The van der Waals surface area contributed by atoms with Gasteiger partial charge < -0.3 is 25.4 Å². The van der Waals surface area contributed by atoms with Crippen molar-refractivity contribution in [3.8, 4) is 11.8 Å². The van der Waals surface area contributed by atoms with E-state index < -0.39 is 18.2 Å². The first kappa shape index (κ1) is 29.9. The van der Waals surface area contributed by atoms with Crippen LogP contribution in [0.5, 0.6) is 0 Å². The molecular weight excluding hydrogens is 530 g/mol. The lowest BCUT2D eigenvalue weighted by molar-refractivity contribution is -0.124. The van der Waals surface area contributed by atoms with Crippen molar-refractivity contribution in [3.05, 3.63) is 15.8 Å². The molecule has 1 aromatic heterocycles. The number of amides is 3. The second kappa shape index (κ2) is 12.6. The average Bonchev–Trinajstić information content (AvgIpc) is 3.50. The number of anilines is 1. The Balaban J connectivity index is 1.52. The van der Waals surface area contributed by atoms with Crippen molar-refractivity contribution in [2.75, 3.05) is 11.4 Å². The van der Waals surface area contributed by atoms with E-state index in [1.165, 1.54) is 0 Å². The highest BCUT2D eigenvalue weighted by molar-refractivity contribution is 7.15. The minimum atomic E-state index is -1.06. The standard InChI is InChI=1S/C30H41N3O6S/c1-18-5-7-19(8-6-18)27(35)33(24-16-23(13-14-30(2,3)4)40-26(24)28(36)37)21-11-9-20(10-12-21)32-29(38)39-22-15-25(34)31-17-22/h16,18-22H,5-12,15,17H2,1-4H3,(H,31,34)(H,32,38)(H,36,37)/t18-,19-,20?,21?,22-/m1/s1. The molecule has 1 atom stereocenters. The van der Waals surface area contributed by atoms with Crippen LogP contribution in [0.1, 0.15) is 100 Å². The summed E-state index contributed by atoms with van der Waals surface area (Å²) >= 11 is 1.12. The van der Waals surface area contributed by atoms with Gasteiger partial charge in [0.2, 0.25) is 11.8 Å². The molecule has 0 radical (unpaired) electrons. The molecule has 2 aliphatic carbocycles. The minimum Gasteiger partial charge on any atom is -0.477 e. The maximum Gasteiger partial charge on any atom is 0.407 e. The van der Waals surface area contributed by atoms with E-state index in [4.69, 9.17) is 4.74 Å². The number of alkyl carbamates (subject to hydrolysis) is 1. The van der Waals surface area contributed by atoms with Crippen LogP contribution in [0.2, 0.25) is 0 Å². The van der Waals surface area contributed by atoms with Gasteiger partial charge in [0, 0.05) is 23.4 Å². The molecule has 1 aliphatic heterocycles. The summed E-state index contributed by atoms with van der Waals surface area (Å²) in [6.45, 7) is 8.53. The molecule has 3 amide bonds. The second-order valence-electron chi connectivity index (χ2n) is 12.5. The lowest BCUT2D eigenvalue weighted by atomic mass is 9.81. The third kappa shape index (κ3) is 7.78. The molecule has 0 spiro atoms. The molecule has 0 bridgehead atoms. The van der Waals surface area contributed by atoms with Gasteiger partial charge >= 0.3 is 12.1 Å². The van der Waals surface area contributed by atoms with E-state index in [2.05, 4.69) is 29.4 Å². The number of carbonyl (C=O) groups is 4. The van der Waals surface area contributed by atoms with Crippen molar-refractivity contribution < 1.29 is 29.0 Å². The highest BCUT2D eigenvalue weighted by atomic mass is 32.1. The molecule has 2 heterocycles. The van der Waals surface area contributed by atoms with E-state index in [-0.39, 0.29) is 46.5 Å². The van der Waals surface area contributed by atoms with Gasteiger partial charge in [-0.2, -0.15) is 0 Å². The van der Waals surface area contributed by atoms with Crippen LogP contribution < -0.4 is 15.5 Å². The van der Waals surface area contributed by atoms with Crippen LogP contribution in [0.3, 0.4) is 0 Å². The first-order valence-electron chi connectivity index (χ1n) is 14.4. The molecule has 9 nitrogen and oxygen atoms in total. The molecular formula is C30H41N3O6S. The molecule has 1 saturated heterocycles. The Morgan fingerprint density at radius 2 is 1.77 bits per heavy atom. The van der Waals surface area contributed by atoms with Crippen LogP contribution in [0.15, 0.2) is 6.07 Å². The Hall–Kier alpha value is -3.06. The minimum absolute atomic E-state index is 0.00301. The average molecular weight is 572 g/mol. The van der Waals surface area contributed by atoms with Gasteiger partial charge in [0.1, 0.15) is 11.0 Å². The van der Waals surface area contributed by atoms with Crippen molar-refractivity contribution in [2.45, 2.75) is 104 Å². The Labute approximate surface area is 240 Å². The molecule has 3 aliphatic rings. The number of nitrogens with zero attached hydrogens (tertiary/aromatic N) is 1. The summed E-state index contributed by atoms with van der Waals surface area (Å²) in [7, 11) is 0. The van der Waals surface area contributed by atoms with Crippen LogP contribution in [-0.2, 0) is 14.3 Å².